The molecule has 1 aromatic heterocycles. The third-order valence-electron chi connectivity index (χ3n) is 4.25. The molecule has 0 spiro atoms. The van der Waals surface area contributed by atoms with E-state index in [1.165, 1.54) is 11.1 Å². The number of methoxy groups -OCH3 is 1. The Morgan fingerprint density at radius 3 is 2.44 bits per heavy atom. The number of hydrogen-bond acceptors (Lipinski definition) is 4. The van der Waals surface area contributed by atoms with Crippen LogP contribution in [0, 0.1) is 6.92 Å². The maximum Gasteiger partial charge on any atom is 0.118 e. The normalized spacial score (nSPS) is 13.9. The average Bonchev–Trinajstić information content (AvgIpc) is 2.96. The van der Waals surface area contributed by atoms with Crippen molar-refractivity contribution in [2.24, 2.45) is 10.2 Å². The summed E-state index contributed by atoms with van der Waals surface area (Å²) in [5.74, 6) is 0.823. The van der Waals surface area contributed by atoms with Gasteiger partial charge in [-0.15, -0.1) is 5.10 Å². The molecule has 0 saturated heterocycles. The second-order valence-corrected chi connectivity index (χ2v) is 5.88. The maximum atomic E-state index is 5.16. The number of benzene rings is 2. The molecule has 0 atom stereocenters. The van der Waals surface area contributed by atoms with Crippen LogP contribution in [0.3, 0.4) is 0 Å². The van der Waals surface area contributed by atoms with Crippen LogP contribution >= 0.6 is 0 Å². The molecular weight excluding hydrogens is 310 g/mol. The van der Waals surface area contributed by atoms with Crippen LogP contribution in [0.5, 0.6) is 5.75 Å². The first-order chi connectivity index (χ1) is 12.3. The van der Waals surface area contributed by atoms with Gasteiger partial charge >= 0.3 is 0 Å². The predicted molar refractivity (Wildman–Crippen MR) is 101 cm³/mol. The van der Waals surface area contributed by atoms with Crippen LogP contribution < -0.4 is 4.74 Å². The van der Waals surface area contributed by atoms with E-state index in [4.69, 9.17) is 4.74 Å². The zero-order chi connectivity index (χ0) is 17.2. The van der Waals surface area contributed by atoms with Gasteiger partial charge < -0.3 is 4.74 Å². The van der Waals surface area contributed by atoms with Crippen molar-refractivity contribution in [1.29, 1.82) is 0 Å². The van der Waals surface area contributed by atoms with Crippen LogP contribution in [0.15, 0.2) is 71.0 Å². The molecule has 0 fully saturated rings. The Hall–Kier alpha value is -3.27. The van der Waals surface area contributed by atoms with Crippen LogP contribution in [0.1, 0.15) is 22.4 Å². The lowest BCUT2D eigenvalue weighted by Crippen LogP contribution is -1.98. The Morgan fingerprint density at radius 1 is 0.920 bits per heavy atom. The van der Waals surface area contributed by atoms with Gasteiger partial charge in [0.2, 0.25) is 0 Å². The fourth-order valence-corrected chi connectivity index (χ4v) is 2.99. The minimum absolute atomic E-state index is 0.823. The fourth-order valence-electron chi connectivity index (χ4n) is 2.99. The highest BCUT2D eigenvalue weighted by Crippen LogP contribution is 2.36. The van der Waals surface area contributed by atoms with E-state index in [0.717, 1.165) is 33.8 Å². The quantitative estimate of drug-likeness (QED) is 0.417. The van der Waals surface area contributed by atoms with Crippen LogP contribution in [0.2, 0.25) is 0 Å². The first-order valence-corrected chi connectivity index (χ1v) is 8.08. The highest BCUT2D eigenvalue weighted by atomic mass is 16.5. The second-order valence-electron chi connectivity index (χ2n) is 5.88. The second kappa shape index (κ2) is 6.32. The molecule has 1 aliphatic rings. The van der Waals surface area contributed by atoms with Crippen LogP contribution in [0.25, 0.3) is 11.1 Å². The number of rotatable bonds is 3. The molecule has 0 N–H and O–H groups in total. The molecule has 122 valence electrons. The van der Waals surface area contributed by atoms with Gasteiger partial charge in [0.05, 0.1) is 13.3 Å². The summed E-state index contributed by atoms with van der Waals surface area (Å²) < 4.78 is 5.16. The lowest BCUT2D eigenvalue weighted by Gasteiger charge is -2.00. The highest BCUT2D eigenvalue weighted by Gasteiger charge is 2.25. The van der Waals surface area contributed by atoms with Gasteiger partial charge in [0.25, 0.3) is 0 Å². The zero-order valence-corrected chi connectivity index (χ0v) is 14.1. The predicted octanol–water partition coefficient (Wildman–Crippen LogP) is 4.25. The highest BCUT2D eigenvalue weighted by molar-refractivity contribution is 6.24. The number of fused-ring (bicyclic) bond motifs is 3. The summed E-state index contributed by atoms with van der Waals surface area (Å²) in [6.45, 7) is 2.00. The standard InChI is InChI=1S/C21H17N3O/c1-14-11-19-17-5-3-4-6-18(17)21(20(19)13-22-14)24-23-12-15-7-9-16(25-2)10-8-15/h3-13H,1-2H3/b23-12+,24-21-. The minimum atomic E-state index is 0.823. The van der Waals surface area contributed by atoms with Crippen molar-refractivity contribution in [3.63, 3.8) is 0 Å². The minimum Gasteiger partial charge on any atom is -0.497 e. The van der Waals surface area contributed by atoms with Crippen molar-refractivity contribution in [1.82, 2.24) is 4.98 Å². The Labute approximate surface area is 146 Å². The molecule has 4 nitrogen and oxygen atoms in total. The van der Waals surface area contributed by atoms with Crippen molar-refractivity contribution >= 4 is 11.9 Å². The number of hydrogen-bond donors (Lipinski definition) is 0. The van der Waals surface area contributed by atoms with Crippen molar-refractivity contribution in [2.75, 3.05) is 7.11 Å². The number of pyridine rings is 1. The zero-order valence-electron chi connectivity index (χ0n) is 14.1. The van der Waals surface area contributed by atoms with Gasteiger partial charge in [0, 0.05) is 23.0 Å². The summed E-state index contributed by atoms with van der Waals surface area (Å²) in [6.07, 6.45) is 3.63. The summed E-state index contributed by atoms with van der Waals surface area (Å²) in [5.41, 5.74) is 7.30. The molecule has 4 rings (SSSR count). The number of ether oxygens (including phenoxy) is 1. The molecule has 25 heavy (non-hydrogen) atoms. The molecule has 4 heteroatoms. The topological polar surface area (TPSA) is 46.8 Å². The fraction of sp³-hybridized carbons (Fsp3) is 0.0952. The van der Waals surface area contributed by atoms with Gasteiger partial charge in [0.1, 0.15) is 11.5 Å². The molecule has 2 aromatic carbocycles. The number of aromatic nitrogens is 1. The van der Waals surface area contributed by atoms with E-state index in [1.807, 2.05) is 49.5 Å². The van der Waals surface area contributed by atoms with Gasteiger partial charge in [-0.25, -0.2) is 0 Å². The summed E-state index contributed by atoms with van der Waals surface area (Å²) in [4.78, 5) is 4.42. The van der Waals surface area contributed by atoms with E-state index in [2.05, 4.69) is 33.4 Å². The molecule has 1 heterocycles. The summed E-state index contributed by atoms with van der Waals surface area (Å²) in [6, 6.07) is 18.1. The Morgan fingerprint density at radius 2 is 1.68 bits per heavy atom. The van der Waals surface area contributed by atoms with Gasteiger partial charge in [-0.3, -0.25) is 4.98 Å². The van der Waals surface area contributed by atoms with E-state index < -0.39 is 0 Å². The van der Waals surface area contributed by atoms with E-state index in [9.17, 15) is 0 Å². The summed E-state index contributed by atoms with van der Waals surface area (Å²) >= 11 is 0. The third kappa shape index (κ3) is 2.83. The Balaban J connectivity index is 1.72. The molecule has 0 unspecified atom stereocenters. The first-order valence-electron chi connectivity index (χ1n) is 8.08. The number of nitrogens with zero attached hydrogens (tertiary/aromatic N) is 3. The van der Waals surface area contributed by atoms with E-state index in [1.54, 1.807) is 13.3 Å². The molecule has 0 saturated carbocycles. The Bertz CT molecular complexity index is 988. The summed E-state index contributed by atoms with van der Waals surface area (Å²) in [5, 5.41) is 8.78. The molecule has 0 radical (unpaired) electrons. The Kier molecular flexibility index (Phi) is 3.86. The van der Waals surface area contributed by atoms with E-state index >= 15 is 0 Å². The third-order valence-corrected chi connectivity index (χ3v) is 4.25. The van der Waals surface area contributed by atoms with Crippen molar-refractivity contribution in [3.05, 3.63) is 83.2 Å². The van der Waals surface area contributed by atoms with E-state index in [0.29, 0.717) is 0 Å². The van der Waals surface area contributed by atoms with Crippen molar-refractivity contribution in [3.8, 4) is 16.9 Å². The molecule has 0 amide bonds. The van der Waals surface area contributed by atoms with E-state index in [-0.39, 0.29) is 0 Å². The van der Waals surface area contributed by atoms with Gasteiger partial charge in [-0.1, -0.05) is 24.3 Å². The summed E-state index contributed by atoms with van der Waals surface area (Å²) in [7, 11) is 1.65. The number of aryl methyl sites for hydroxylation is 1. The molecule has 3 aromatic rings. The monoisotopic (exact) mass is 327 g/mol. The van der Waals surface area contributed by atoms with Gasteiger partial charge in [-0.05, 0) is 53.9 Å². The van der Waals surface area contributed by atoms with Gasteiger partial charge in [0.15, 0.2) is 0 Å². The van der Waals surface area contributed by atoms with Crippen molar-refractivity contribution < 1.29 is 4.74 Å². The molecule has 0 bridgehead atoms. The lowest BCUT2D eigenvalue weighted by molar-refractivity contribution is 0.415. The average molecular weight is 327 g/mol. The van der Waals surface area contributed by atoms with Crippen LogP contribution in [-0.2, 0) is 0 Å². The van der Waals surface area contributed by atoms with Crippen LogP contribution in [-0.4, -0.2) is 24.0 Å². The molecule has 1 aliphatic carbocycles. The molecule has 0 aliphatic heterocycles. The van der Waals surface area contributed by atoms with Crippen molar-refractivity contribution in [2.45, 2.75) is 6.92 Å². The largest absolute Gasteiger partial charge is 0.497 e. The SMILES string of the molecule is COc1ccc(/C=N/N=C2/c3ccccc3-c3cc(C)ncc32)cc1. The smallest absolute Gasteiger partial charge is 0.118 e. The van der Waals surface area contributed by atoms with Gasteiger partial charge in [-0.2, -0.15) is 5.10 Å². The molecular formula is C21H17N3O. The van der Waals surface area contributed by atoms with Crippen LogP contribution in [0.4, 0.5) is 0 Å². The maximum absolute atomic E-state index is 5.16. The first kappa shape index (κ1) is 15.3. The lowest BCUT2D eigenvalue weighted by atomic mass is 10.1.